The molecule has 0 aliphatic rings. The van der Waals surface area contributed by atoms with Crippen molar-refractivity contribution in [3.05, 3.63) is 77.4 Å². The number of pyridine rings is 1. The zero-order chi connectivity index (χ0) is 21.1. The first-order chi connectivity index (χ1) is 14.4. The number of rotatable bonds is 7. The number of halogens is 1. The summed E-state index contributed by atoms with van der Waals surface area (Å²) < 4.78 is 29.6. The van der Waals surface area contributed by atoms with Crippen molar-refractivity contribution in [2.45, 2.75) is 24.8 Å². The van der Waals surface area contributed by atoms with Gasteiger partial charge in [0.15, 0.2) is 5.65 Å². The minimum atomic E-state index is -3.58. The highest BCUT2D eigenvalue weighted by molar-refractivity contribution is 7.89. The van der Waals surface area contributed by atoms with Crippen molar-refractivity contribution in [2.24, 2.45) is 0 Å². The smallest absolute Gasteiger partial charge is 0.240 e. The lowest BCUT2D eigenvalue weighted by molar-refractivity contribution is 0.572. The van der Waals surface area contributed by atoms with Gasteiger partial charge in [0, 0.05) is 29.9 Å². The van der Waals surface area contributed by atoms with E-state index in [1.165, 1.54) is 17.7 Å². The zero-order valence-corrected chi connectivity index (χ0v) is 18.0. The van der Waals surface area contributed by atoms with Gasteiger partial charge in [0.05, 0.1) is 4.90 Å². The van der Waals surface area contributed by atoms with Crippen molar-refractivity contribution in [3.63, 3.8) is 0 Å². The highest BCUT2D eigenvalue weighted by atomic mass is 35.5. The van der Waals surface area contributed by atoms with Gasteiger partial charge in [-0.05, 0) is 49.7 Å². The van der Waals surface area contributed by atoms with Crippen molar-refractivity contribution in [3.8, 4) is 11.4 Å². The van der Waals surface area contributed by atoms with E-state index in [1.807, 2.05) is 47.9 Å². The fraction of sp³-hybridized carbons (Fsp3) is 0.182. The van der Waals surface area contributed by atoms with Crippen molar-refractivity contribution in [2.75, 3.05) is 6.54 Å². The Morgan fingerprint density at radius 1 is 1.03 bits per heavy atom. The lowest BCUT2D eigenvalue weighted by Crippen LogP contribution is -2.25. The number of benzene rings is 2. The molecule has 0 radical (unpaired) electrons. The molecule has 30 heavy (non-hydrogen) atoms. The molecule has 154 valence electrons. The number of hydrogen-bond donors (Lipinski definition) is 1. The van der Waals surface area contributed by atoms with Crippen LogP contribution in [-0.4, -0.2) is 29.5 Å². The molecular formula is C22H21ClN4O2S. The van der Waals surface area contributed by atoms with E-state index in [1.54, 1.807) is 18.3 Å². The number of sulfonamides is 1. The van der Waals surface area contributed by atoms with E-state index < -0.39 is 10.0 Å². The molecule has 1 N–H and O–H groups in total. The van der Waals surface area contributed by atoms with Crippen molar-refractivity contribution in [1.82, 2.24) is 19.3 Å². The molecule has 0 fully saturated rings. The fourth-order valence-electron chi connectivity index (χ4n) is 3.23. The van der Waals surface area contributed by atoms with Gasteiger partial charge in [-0.25, -0.2) is 23.1 Å². The zero-order valence-electron chi connectivity index (χ0n) is 16.4. The lowest BCUT2D eigenvalue weighted by Gasteiger charge is -2.10. The number of nitrogens with one attached hydrogen (secondary N) is 1. The predicted molar refractivity (Wildman–Crippen MR) is 119 cm³/mol. The quantitative estimate of drug-likeness (QED) is 0.431. The van der Waals surface area contributed by atoms with Gasteiger partial charge in [0.1, 0.15) is 11.3 Å². The van der Waals surface area contributed by atoms with Gasteiger partial charge in [0.25, 0.3) is 0 Å². The summed E-state index contributed by atoms with van der Waals surface area (Å²) in [7, 11) is -3.58. The Bertz CT molecular complexity index is 1270. The normalized spacial score (nSPS) is 11.8. The second-order valence-electron chi connectivity index (χ2n) is 7.00. The fourth-order valence-corrected chi connectivity index (χ4v) is 4.43. The first-order valence-corrected chi connectivity index (χ1v) is 11.4. The summed E-state index contributed by atoms with van der Waals surface area (Å²) in [6, 6.07) is 18.1. The molecule has 2 heterocycles. The third kappa shape index (κ3) is 4.38. The summed E-state index contributed by atoms with van der Waals surface area (Å²) in [4.78, 5) is 9.42. The van der Waals surface area contributed by atoms with Crippen LogP contribution in [0.2, 0.25) is 5.02 Å². The van der Waals surface area contributed by atoms with Gasteiger partial charge < -0.3 is 4.57 Å². The molecular weight excluding hydrogens is 420 g/mol. The maximum atomic E-state index is 12.5. The average Bonchev–Trinajstić information content (AvgIpc) is 3.11. The van der Waals surface area contributed by atoms with E-state index in [2.05, 4.69) is 9.71 Å². The first-order valence-electron chi connectivity index (χ1n) is 9.57. The van der Waals surface area contributed by atoms with Crippen LogP contribution in [0.15, 0.2) is 71.8 Å². The molecule has 4 rings (SSSR count). The second kappa shape index (κ2) is 8.55. The van der Waals surface area contributed by atoms with Crippen molar-refractivity contribution in [1.29, 1.82) is 0 Å². The van der Waals surface area contributed by atoms with Crippen molar-refractivity contribution < 1.29 is 8.42 Å². The maximum absolute atomic E-state index is 12.5. The SMILES string of the molecule is Cc1ccc(-c2nc3cccnc3n2CCCNS(=O)(=O)c2ccc(Cl)cc2)cc1. The number of imidazole rings is 1. The molecule has 0 atom stereocenters. The van der Waals surface area contributed by atoms with Crippen molar-refractivity contribution >= 4 is 32.8 Å². The Kier molecular flexibility index (Phi) is 5.85. The molecule has 0 unspecified atom stereocenters. The minimum absolute atomic E-state index is 0.196. The van der Waals surface area contributed by atoms with Gasteiger partial charge in [-0.15, -0.1) is 0 Å². The third-order valence-electron chi connectivity index (χ3n) is 4.79. The van der Waals surface area contributed by atoms with Crippen LogP contribution in [0, 0.1) is 6.92 Å². The van der Waals surface area contributed by atoms with E-state index >= 15 is 0 Å². The van der Waals surface area contributed by atoms with Gasteiger partial charge in [0.2, 0.25) is 10.0 Å². The number of aromatic nitrogens is 3. The topological polar surface area (TPSA) is 76.9 Å². The molecule has 0 bridgehead atoms. The van der Waals surface area contributed by atoms with Crippen LogP contribution >= 0.6 is 11.6 Å². The molecule has 0 amide bonds. The molecule has 0 aliphatic heterocycles. The molecule has 0 aliphatic carbocycles. The summed E-state index contributed by atoms with van der Waals surface area (Å²) in [5.41, 5.74) is 3.78. The van der Waals surface area contributed by atoms with Crippen LogP contribution in [0.1, 0.15) is 12.0 Å². The molecule has 2 aromatic carbocycles. The number of nitrogens with zero attached hydrogens (tertiary/aromatic N) is 3. The maximum Gasteiger partial charge on any atom is 0.240 e. The third-order valence-corrected chi connectivity index (χ3v) is 6.52. The molecule has 2 aromatic heterocycles. The second-order valence-corrected chi connectivity index (χ2v) is 9.21. The Morgan fingerprint density at radius 2 is 1.77 bits per heavy atom. The highest BCUT2D eigenvalue weighted by Gasteiger charge is 2.15. The van der Waals surface area contributed by atoms with Crippen LogP contribution in [0.5, 0.6) is 0 Å². The largest absolute Gasteiger partial charge is 0.309 e. The number of fused-ring (bicyclic) bond motifs is 1. The van der Waals surface area contributed by atoms with Crippen LogP contribution in [0.25, 0.3) is 22.6 Å². The van der Waals surface area contributed by atoms with E-state index in [0.717, 1.165) is 22.6 Å². The summed E-state index contributed by atoms with van der Waals surface area (Å²) >= 11 is 5.84. The Labute approximate surface area is 180 Å². The summed E-state index contributed by atoms with van der Waals surface area (Å²) in [5, 5.41) is 0.497. The average molecular weight is 441 g/mol. The predicted octanol–water partition coefficient (Wildman–Crippen LogP) is 4.43. The van der Waals surface area contributed by atoms with E-state index in [0.29, 0.717) is 24.5 Å². The summed E-state index contributed by atoms with van der Waals surface area (Å²) in [5.74, 6) is 0.823. The number of aryl methyl sites for hydroxylation is 2. The van der Waals surface area contributed by atoms with Gasteiger partial charge in [-0.1, -0.05) is 41.4 Å². The Hall–Kier alpha value is -2.74. The van der Waals surface area contributed by atoms with Crippen LogP contribution in [-0.2, 0) is 16.6 Å². The molecule has 0 saturated carbocycles. The van der Waals surface area contributed by atoms with Gasteiger partial charge in [-0.3, -0.25) is 0 Å². The van der Waals surface area contributed by atoms with E-state index in [-0.39, 0.29) is 4.90 Å². The molecule has 0 saturated heterocycles. The Morgan fingerprint density at radius 3 is 2.50 bits per heavy atom. The van der Waals surface area contributed by atoms with Gasteiger partial charge >= 0.3 is 0 Å². The monoisotopic (exact) mass is 440 g/mol. The minimum Gasteiger partial charge on any atom is -0.309 e. The number of hydrogen-bond acceptors (Lipinski definition) is 4. The summed E-state index contributed by atoms with van der Waals surface area (Å²) in [6.07, 6.45) is 2.33. The summed E-state index contributed by atoms with van der Waals surface area (Å²) in [6.45, 7) is 2.92. The van der Waals surface area contributed by atoms with Crippen LogP contribution in [0.4, 0.5) is 0 Å². The van der Waals surface area contributed by atoms with E-state index in [4.69, 9.17) is 16.6 Å². The molecule has 0 spiro atoms. The molecule has 8 heteroatoms. The van der Waals surface area contributed by atoms with Crippen LogP contribution < -0.4 is 4.72 Å². The van der Waals surface area contributed by atoms with E-state index in [9.17, 15) is 8.42 Å². The first kappa shape index (κ1) is 20.5. The highest BCUT2D eigenvalue weighted by Crippen LogP contribution is 2.24. The Balaban J connectivity index is 1.52. The van der Waals surface area contributed by atoms with Crippen LogP contribution in [0.3, 0.4) is 0 Å². The lowest BCUT2D eigenvalue weighted by atomic mass is 10.1. The van der Waals surface area contributed by atoms with Gasteiger partial charge in [-0.2, -0.15) is 0 Å². The molecule has 6 nitrogen and oxygen atoms in total. The molecule has 4 aromatic rings. The standard InChI is InChI=1S/C22H21ClN4O2S/c1-16-5-7-17(8-6-16)21-26-20-4-2-13-24-22(20)27(21)15-3-14-25-30(28,29)19-11-9-18(23)10-12-19/h2,4-13,25H,3,14-15H2,1H3.